The van der Waals surface area contributed by atoms with E-state index >= 15 is 0 Å². The van der Waals surface area contributed by atoms with E-state index in [0.717, 1.165) is 7.05 Å². The first kappa shape index (κ1) is 25.2. The van der Waals surface area contributed by atoms with Gasteiger partial charge < -0.3 is 20.3 Å². The smallest absolute Gasteiger partial charge is 0.406 e. The first-order valence-electron chi connectivity index (χ1n) is 7.78. The van der Waals surface area contributed by atoms with Crippen LogP contribution in [0.15, 0.2) is 29.3 Å². The summed E-state index contributed by atoms with van der Waals surface area (Å²) in [4.78, 5) is 16.1. The number of ether oxygens (including phenoxy) is 1. The van der Waals surface area contributed by atoms with Crippen LogP contribution in [-0.2, 0) is 4.79 Å². The largest absolute Gasteiger partial charge is 0.489 e. The normalized spacial score (nSPS) is 12.6. The van der Waals surface area contributed by atoms with Gasteiger partial charge in [-0.25, -0.2) is 4.39 Å². The summed E-state index contributed by atoms with van der Waals surface area (Å²) in [6.45, 7) is 0.428. The fraction of sp³-hybridized carbons (Fsp3) is 0.500. The Morgan fingerprint density at radius 3 is 2.37 bits per heavy atom. The third-order valence-electron chi connectivity index (χ3n) is 3.18. The average Bonchev–Trinajstić information content (AvgIpc) is 2.55. The van der Waals surface area contributed by atoms with Gasteiger partial charge in [0.05, 0.1) is 13.1 Å². The van der Waals surface area contributed by atoms with Gasteiger partial charge in [-0.3, -0.25) is 9.79 Å². The van der Waals surface area contributed by atoms with Gasteiger partial charge in [-0.2, -0.15) is 13.2 Å². The van der Waals surface area contributed by atoms with Gasteiger partial charge in [0.25, 0.3) is 0 Å². The summed E-state index contributed by atoms with van der Waals surface area (Å²) < 4.78 is 55.2. The van der Waals surface area contributed by atoms with Crippen LogP contribution in [0.4, 0.5) is 17.6 Å². The van der Waals surface area contributed by atoms with E-state index in [1.165, 1.54) is 31.3 Å². The molecular formula is C16H23F4IN4O2. The number of carbonyl (C=O) groups is 1. The van der Waals surface area contributed by atoms with E-state index in [1.54, 1.807) is 6.92 Å². The first-order chi connectivity index (χ1) is 12.1. The second-order valence-corrected chi connectivity index (χ2v) is 5.55. The Labute approximate surface area is 172 Å². The molecule has 0 heterocycles. The fourth-order valence-corrected chi connectivity index (χ4v) is 1.90. The molecule has 1 aromatic rings. The molecule has 1 aromatic carbocycles. The summed E-state index contributed by atoms with van der Waals surface area (Å²) in [7, 11) is 2.54. The van der Waals surface area contributed by atoms with Gasteiger partial charge in [0.15, 0.2) is 5.96 Å². The molecule has 0 aliphatic rings. The molecule has 0 radical (unpaired) electrons. The van der Waals surface area contributed by atoms with Crippen molar-refractivity contribution >= 4 is 35.8 Å². The number of hydrogen-bond donors (Lipinski definition) is 2. The SMILES string of the molecule is CN=C(NCC(=O)N(C)CC(F)(F)F)NCC(C)Oc1ccc(F)cc1.I. The molecule has 0 bridgehead atoms. The van der Waals surface area contributed by atoms with Gasteiger partial charge in [-0.15, -0.1) is 24.0 Å². The molecule has 0 aliphatic carbocycles. The standard InChI is InChI=1S/C16H22F4N4O2.HI/c1-11(26-13-6-4-12(17)5-7-13)8-22-15(21-2)23-9-14(25)24(3)10-16(18,19)20;/h4-7,11H,8-10H2,1-3H3,(H2,21,22,23);1H. The van der Waals surface area contributed by atoms with E-state index in [-0.39, 0.29) is 48.4 Å². The van der Waals surface area contributed by atoms with Crippen LogP contribution in [-0.4, -0.2) is 62.8 Å². The summed E-state index contributed by atoms with van der Waals surface area (Å²) in [6, 6.07) is 5.54. The van der Waals surface area contributed by atoms with E-state index in [9.17, 15) is 22.4 Å². The molecule has 0 aliphatic heterocycles. The molecule has 6 nitrogen and oxygen atoms in total. The molecule has 1 rings (SSSR count). The highest BCUT2D eigenvalue weighted by molar-refractivity contribution is 14.0. The van der Waals surface area contributed by atoms with Gasteiger partial charge in [0, 0.05) is 14.1 Å². The molecule has 11 heteroatoms. The molecule has 1 atom stereocenters. The quantitative estimate of drug-likeness (QED) is 0.258. The molecule has 0 saturated heterocycles. The van der Waals surface area contributed by atoms with Crippen LogP contribution in [0.2, 0.25) is 0 Å². The van der Waals surface area contributed by atoms with Gasteiger partial charge >= 0.3 is 6.18 Å². The third-order valence-corrected chi connectivity index (χ3v) is 3.18. The van der Waals surface area contributed by atoms with Crippen LogP contribution in [0, 0.1) is 5.82 Å². The average molecular weight is 506 g/mol. The molecule has 2 N–H and O–H groups in total. The molecule has 27 heavy (non-hydrogen) atoms. The second kappa shape index (κ2) is 11.8. The number of halogens is 5. The molecule has 154 valence electrons. The van der Waals surface area contributed by atoms with Crippen LogP contribution in [0.3, 0.4) is 0 Å². The summed E-state index contributed by atoms with van der Waals surface area (Å²) in [6.07, 6.45) is -4.75. The van der Waals surface area contributed by atoms with E-state index in [2.05, 4.69) is 15.6 Å². The first-order valence-corrected chi connectivity index (χ1v) is 7.78. The third kappa shape index (κ3) is 10.8. The monoisotopic (exact) mass is 506 g/mol. The molecule has 1 unspecified atom stereocenters. The lowest BCUT2D eigenvalue weighted by Crippen LogP contribution is -2.47. The Bertz CT molecular complexity index is 611. The summed E-state index contributed by atoms with van der Waals surface area (Å²) >= 11 is 0. The van der Waals surface area contributed by atoms with Crippen molar-refractivity contribution in [2.45, 2.75) is 19.2 Å². The van der Waals surface area contributed by atoms with Crippen molar-refractivity contribution in [1.82, 2.24) is 15.5 Å². The van der Waals surface area contributed by atoms with E-state index in [4.69, 9.17) is 4.74 Å². The highest BCUT2D eigenvalue weighted by Crippen LogP contribution is 2.15. The minimum Gasteiger partial charge on any atom is -0.489 e. The number of amides is 1. The highest BCUT2D eigenvalue weighted by atomic mass is 127. The second-order valence-electron chi connectivity index (χ2n) is 5.55. The number of nitrogens with zero attached hydrogens (tertiary/aromatic N) is 2. The number of benzene rings is 1. The number of alkyl halides is 3. The number of nitrogens with one attached hydrogen (secondary N) is 2. The zero-order valence-corrected chi connectivity index (χ0v) is 17.5. The van der Waals surface area contributed by atoms with Crippen molar-refractivity contribution in [2.24, 2.45) is 4.99 Å². The van der Waals surface area contributed by atoms with Crippen LogP contribution >= 0.6 is 24.0 Å². The summed E-state index contributed by atoms with van der Waals surface area (Å²) in [5, 5.41) is 5.53. The van der Waals surface area contributed by atoms with Gasteiger partial charge in [0.2, 0.25) is 5.91 Å². The Hall–Kier alpha value is -1.79. The molecule has 0 aromatic heterocycles. The predicted octanol–water partition coefficient (Wildman–Crippen LogP) is 2.40. The summed E-state index contributed by atoms with van der Waals surface area (Å²) in [5.41, 5.74) is 0. The molecule has 0 fully saturated rings. The number of likely N-dealkylation sites (N-methyl/N-ethyl adjacent to an activating group) is 1. The van der Waals surface area contributed by atoms with Crippen molar-refractivity contribution in [3.8, 4) is 5.75 Å². The van der Waals surface area contributed by atoms with Crippen molar-refractivity contribution in [1.29, 1.82) is 0 Å². The number of rotatable bonds is 7. The van der Waals surface area contributed by atoms with Crippen molar-refractivity contribution in [3.05, 3.63) is 30.1 Å². The minimum absolute atomic E-state index is 0. The summed E-state index contributed by atoms with van der Waals surface area (Å²) in [5.74, 6) is -0.352. The zero-order valence-electron chi connectivity index (χ0n) is 15.1. The minimum atomic E-state index is -4.45. The number of aliphatic imine (C=N–C) groups is 1. The predicted molar refractivity (Wildman–Crippen MR) is 105 cm³/mol. The van der Waals surface area contributed by atoms with Crippen LogP contribution in [0.1, 0.15) is 6.92 Å². The van der Waals surface area contributed by atoms with Gasteiger partial charge in [-0.05, 0) is 31.2 Å². The van der Waals surface area contributed by atoms with E-state index < -0.39 is 18.6 Å². The van der Waals surface area contributed by atoms with Gasteiger partial charge in [0.1, 0.15) is 24.2 Å². The lowest BCUT2D eigenvalue weighted by molar-refractivity contribution is -0.157. The van der Waals surface area contributed by atoms with Crippen molar-refractivity contribution < 1.29 is 27.1 Å². The fourth-order valence-electron chi connectivity index (χ4n) is 1.90. The topological polar surface area (TPSA) is 66.0 Å². The molecular weight excluding hydrogens is 483 g/mol. The zero-order chi connectivity index (χ0) is 19.7. The van der Waals surface area contributed by atoms with Crippen LogP contribution < -0.4 is 15.4 Å². The lowest BCUT2D eigenvalue weighted by Gasteiger charge is -2.21. The molecule has 0 spiro atoms. The highest BCUT2D eigenvalue weighted by Gasteiger charge is 2.31. The Morgan fingerprint density at radius 1 is 1.26 bits per heavy atom. The Balaban J connectivity index is 0.00000676. The van der Waals surface area contributed by atoms with E-state index in [0.29, 0.717) is 17.2 Å². The van der Waals surface area contributed by atoms with E-state index in [1.807, 2.05) is 0 Å². The molecule has 1 amide bonds. The van der Waals surface area contributed by atoms with Crippen LogP contribution in [0.25, 0.3) is 0 Å². The van der Waals surface area contributed by atoms with Crippen LogP contribution in [0.5, 0.6) is 5.75 Å². The maximum atomic E-state index is 12.8. The maximum Gasteiger partial charge on any atom is 0.406 e. The Morgan fingerprint density at radius 2 is 1.85 bits per heavy atom. The Kier molecular flexibility index (Phi) is 11.0. The van der Waals surface area contributed by atoms with Crippen molar-refractivity contribution in [2.75, 3.05) is 33.7 Å². The molecule has 0 saturated carbocycles. The van der Waals surface area contributed by atoms with Crippen molar-refractivity contribution in [3.63, 3.8) is 0 Å². The maximum absolute atomic E-state index is 12.8. The number of guanidine groups is 1. The number of carbonyl (C=O) groups excluding carboxylic acids is 1. The lowest BCUT2D eigenvalue weighted by atomic mass is 10.3. The van der Waals surface area contributed by atoms with Gasteiger partial charge in [-0.1, -0.05) is 0 Å². The number of hydrogen-bond acceptors (Lipinski definition) is 3.